The summed E-state index contributed by atoms with van der Waals surface area (Å²) in [5.41, 5.74) is 2.36. The van der Waals surface area contributed by atoms with Gasteiger partial charge in [0.05, 0.1) is 23.7 Å². The van der Waals surface area contributed by atoms with E-state index >= 15 is 0 Å². The summed E-state index contributed by atoms with van der Waals surface area (Å²) in [7, 11) is 0. The van der Waals surface area contributed by atoms with E-state index in [4.69, 9.17) is 16.3 Å². The molecule has 5 nitrogen and oxygen atoms in total. The minimum Gasteiger partial charge on any atom is -0.492 e. The fourth-order valence-electron chi connectivity index (χ4n) is 2.35. The van der Waals surface area contributed by atoms with Gasteiger partial charge in [0.25, 0.3) is 0 Å². The molecule has 0 spiro atoms. The van der Waals surface area contributed by atoms with Gasteiger partial charge in [0.2, 0.25) is 5.91 Å². The van der Waals surface area contributed by atoms with Gasteiger partial charge in [0.15, 0.2) is 0 Å². The summed E-state index contributed by atoms with van der Waals surface area (Å²) in [6.45, 7) is 2.44. The molecule has 0 saturated heterocycles. The summed E-state index contributed by atoms with van der Waals surface area (Å²) in [5, 5.41) is 12.6. The van der Waals surface area contributed by atoms with E-state index in [1.807, 2.05) is 67.6 Å². The lowest BCUT2D eigenvalue weighted by Crippen LogP contribution is -2.15. The van der Waals surface area contributed by atoms with Gasteiger partial charge in [0, 0.05) is 10.6 Å². The van der Waals surface area contributed by atoms with Gasteiger partial charge in [-0.3, -0.25) is 4.79 Å². The van der Waals surface area contributed by atoms with Gasteiger partial charge in [-0.15, -0.1) is 10.2 Å². The van der Waals surface area contributed by atoms with E-state index in [2.05, 4.69) is 15.5 Å². The highest BCUT2D eigenvalue weighted by molar-refractivity contribution is 7.99. The number of ether oxygens (including phenoxy) is 1. The maximum atomic E-state index is 12.2. The van der Waals surface area contributed by atoms with Crippen molar-refractivity contribution in [2.24, 2.45) is 0 Å². The molecule has 1 aromatic heterocycles. The highest BCUT2D eigenvalue weighted by atomic mass is 35.5. The normalized spacial score (nSPS) is 10.4. The second-order valence-electron chi connectivity index (χ2n) is 5.53. The summed E-state index contributed by atoms with van der Waals surface area (Å²) < 4.78 is 5.51. The van der Waals surface area contributed by atoms with Crippen molar-refractivity contribution in [3.8, 4) is 17.0 Å². The molecule has 1 amide bonds. The van der Waals surface area contributed by atoms with Gasteiger partial charge in [0.1, 0.15) is 10.8 Å². The first-order valence-electron chi connectivity index (χ1n) is 8.40. The smallest absolute Gasteiger partial charge is 0.234 e. The van der Waals surface area contributed by atoms with Crippen LogP contribution in [-0.2, 0) is 4.79 Å². The van der Waals surface area contributed by atoms with Crippen molar-refractivity contribution in [1.82, 2.24) is 10.2 Å². The molecule has 0 unspecified atom stereocenters. The van der Waals surface area contributed by atoms with Crippen molar-refractivity contribution in [2.45, 2.75) is 11.9 Å². The first-order valence-corrected chi connectivity index (χ1v) is 9.76. The zero-order valence-electron chi connectivity index (χ0n) is 14.7. The van der Waals surface area contributed by atoms with Crippen molar-refractivity contribution < 1.29 is 9.53 Å². The quantitative estimate of drug-likeness (QED) is 0.571. The van der Waals surface area contributed by atoms with Crippen LogP contribution in [0, 0.1) is 0 Å². The standard InChI is InChI=1S/C20H18ClN3O2S/c1-2-26-18-6-4-3-5-17(18)22-19(25)13-27-20-12-11-16(23-24-20)14-7-9-15(21)10-8-14/h3-12H,2,13H2,1H3,(H,22,25). The number of nitrogens with one attached hydrogen (secondary N) is 1. The summed E-state index contributed by atoms with van der Waals surface area (Å²) >= 11 is 7.22. The first-order chi connectivity index (χ1) is 13.2. The van der Waals surface area contributed by atoms with Gasteiger partial charge in [-0.25, -0.2) is 0 Å². The molecule has 0 atom stereocenters. The van der Waals surface area contributed by atoms with Crippen LogP contribution in [0.4, 0.5) is 5.69 Å². The molecule has 0 aliphatic rings. The zero-order valence-corrected chi connectivity index (χ0v) is 16.3. The number of benzene rings is 2. The Morgan fingerprint density at radius 3 is 2.56 bits per heavy atom. The minimum absolute atomic E-state index is 0.129. The Balaban J connectivity index is 1.57. The second kappa shape index (κ2) is 9.39. The van der Waals surface area contributed by atoms with Crippen LogP contribution < -0.4 is 10.1 Å². The highest BCUT2D eigenvalue weighted by Gasteiger charge is 2.09. The van der Waals surface area contributed by atoms with Crippen molar-refractivity contribution in [2.75, 3.05) is 17.7 Å². The molecular weight excluding hydrogens is 382 g/mol. The number of carbonyl (C=O) groups excluding carboxylic acids is 1. The lowest BCUT2D eigenvalue weighted by molar-refractivity contribution is -0.113. The molecule has 0 bridgehead atoms. The summed E-state index contributed by atoms with van der Waals surface area (Å²) in [6, 6.07) is 18.5. The zero-order chi connectivity index (χ0) is 19.1. The maximum absolute atomic E-state index is 12.2. The topological polar surface area (TPSA) is 64.1 Å². The van der Waals surface area contributed by atoms with Crippen LogP contribution in [-0.4, -0.2) is 28.5 Å². The number of hydrogen-bond donors (Lipinski definition) is 1. The second-order valence-corrected chi connectivity index (χ2v) is 6.96. The number of nitrogens with zero attached hydrogens (tertiary/aromatic N) is 2. The number of thioether (sulfide) groups is 1. The van der Waals surface area contributed by atoms with Gasteiger partial charge in [-0.05, 0) is 43.3 Å². The number of aromatic nitrogens is 2. The van der Waals surface area contributed by atoms with E-state index in [0.29, 0.717) is 28.1 Å². The Labute approximate surface area is 167 Å². The largest absolute Gasteiger partial charge is 0.492 e. The van der Waals surface area contributed by atoms with Crippen molar-refractivity contribution in [3.63, 3.8) is 0 Å². The molecule has 3 aromatic rings. The summed E-state index contributed by atoms with van der Waals surface area (Å²) in [6.07, 6.45) is 0. The summed E-state index contributed by atoms with van der Waals surface area (Å²) in [4.78, 5) is 12.2. The number of rotatable bonds is 7. The molecule has 0 fully saturated rings. The predicted molar refractivity (Wildman–Crippen MR) is 109 cm³/mol. The van der Waals surface area contributed by atoms with Crippen LogP contribution in [0.3, 0.4) is 0 Å². The van der Waals surface area contributed by atoms with Gasteiger partial charge >= 0.3 is 0 Å². The van der Waals surface area contributed by atoms with Gasteiger partial charge in [-0.2, -0.15) is 0 Å². The van der Waals surface area contributed by atoms with Crippen molar-refractivity contribution in [3.05, 3.63) is 65.7 Å². The Kier molecular flexibility index (Phi) is 6.68. The number of carbonyl (C=O) groups is 1. The third kappa shape index (κ3) is 5.45. The number of halogens is 1. The Hall–Kier alpha value is -2.57. The van der Waals surface area contributed by atoms with Crippen LogP contribution in [0.1, 0.15) is 6.92 Å². The molecular formula is C20H18ClN3O2S. The monoisotopic (exact) mass is 399 g/mol. The average Bonchev–Trinajstić information content (AvgIpc) is 2.69. The molecule has 0 radical (unpaired) electrons. The number of para-hydroxylation sites is 2. The Morgan fingerprint density at radius 2 is 1.85 bits per heavy atom. The molecule has 1 N–H and O–H groups in total. The Bertz CT molecular complexity index is 902. The average molecular weight is 400 g/mol. The lowest BCUT2D eigenvalue weighted by Gasteiger charge is -2.10. The third-order valence-corrected chi connectivity index (χ3v) is 4.76. The number of anilines is 1. The van der Waals surface area contributed by atoms with Crippen molar-refractivity contribution >= 4 is 35.0 Å². The molecule has 0 aliphatic heterocycles. The van der Waals surface area contributed by atoms with Crippen LogP contribution in [0.5, 0.6) is 5.75 Å². The van der Waals surface area contributed by atoms with Gasteiger partial charge < -0.3 is 10.1 Å². The van der Waals surface area contributed by atoms with E-state index in [1.54, 1.807) is 0 Å². The van der Waals surface area contributed by atoms with E-state index in [1.165, 1.54) is 11.8 Å². The minimum atomic E-state index is -0.129. The van der Waals surface area contributed by atoms with Crippen LogP contribution in [0.2, 0.25) is 5.02 Å². The molecule has 2 aromatic carbocycles. The SMILES string of the molecule is CCOc1ccccc1NC(=O)CSc1ccc(-c2ccc(Cl)cc2)nn1. The Morgan fingerprint density at radius 1 is 1.07 bits per heavy atom. The van der Waals surface area contributed by atoms with Crippen LogP contribution >= 0.6 is 23.4 Å². The molecule has 138 valence electrons. The molecule has 3 rings (SSSR count). The molecule has 0 aliphatic carbocycles. The molecule has 1 heterocycles. The third-order valence-electron chi connectivity index (χ3n) is 3.59. The fourth-order valence-corrected chi connectivity index (χ4v) is 3.09. The van der Waals surface area contributed by atoms with Gasteiger partial charge in [-0.1, -0.05) is 47.6 Å². The first kappa shape index (κ1) is 19.2. The number of hydrogen-bond acceptors (Lipinski definition) is 5. The van der Waals surface area contributed by atoms with E-state index in [9.17, 15) is 4.79 Å². The number of amides is 1. The van der Waals surface area contributed by atoms with Crippen molar-refractivity contribution in [1.29, 1.82) is 0 Å². The molecule has 0 saturated carbocycles. The molecule has 7 heteroatoms. The maximum Gasteiger partial charge on any atom is 0.234 e. The lowest BCUT2D eigenvalue weighted by atomic mass is 10.1. The van der Waals surface area contributed by atoms with E-state index in [0.717, 1.165) is 11.3 Å². The van der Waals surface area contributed by atoms with E-state index in [-0.39, 0.29) is 11.7 Å². The molecule has 27 heavy (non-hydrogen) atoms. The van der Waals surface area contributed by atoms with E-state index < -0.39 is 0 Å². The highest BCUT2D eigenvalue weighted by Crippen LogP contribution is 2.25. The van der Waals surface area contributed by atoms with Crippen LogP contribution in [0.15, 0.2) is 65.7 Å². The predicted octanol–water partition coefficient (Wildman–Crippen LogP) is 4.93. The summed E-state index contributed by atoms with van der Waals surface area (Å²) in [5.74, 6) is 0.760. The van der Waals surface area contributed by atoms with Crippen LogP contribution in [0.25, 0.3) is 11.3 Å². The fraction of sp³-hybridized carbons (Fsp3) is 0.150.